The zero-order valence-electron chi connectivity index (χ0n) is 19.5. The molecule has 0 aliphatic carbocycles. The van der Waals surface area contributed by atoms with Crippen LogP contribution in [0.3, 0.4) is 0 Å². The Morgan fingerprint density at radius 1 is 1.09 bits per heavy atom. The van der Waals surface area contributed by atoms with Crippen molar-refractivity contribution >= 4 is 28.9 Å². The maximum Gasteiger partial charge on any atom is 0.286 e. The van der Waals surface area contributed by atoms with Crippen molar-refractivity contribution in [2.45, 2.75) is 33.1 Å². The lowest BCUT2D eigenvalue weighted by Crippen LogP contribution is -2.33. The second-order valence-corrected chi connectivity index (χ2v) is 9.49. The highest BCUT2D eigenvalue weighted by Gasteiger charge is 2.27. The number of carbonyl (C=O) groups excluding carboxylic acids is 1. The molecule has 2 aliphatic heterocycles. The predicted molar refractivity (Wildman–Crippen MR) is 138 cm³/mol. The van der Waals surface area contributed by atoms with Gasteiger partial charge >= 0.3 is 0 Å². The van der Waals surface area contributed by atoms with Crippen molar-refractivity contribution in [3.63, 3.8) is 0 Å². The van der Waals surface area contributed by atoms with E-state index in [1.54, 1.807) is 0 Å². The van der Waals surface area contributed by atoms with Crippen LogP contribution in [0.25, 0.3) is 23.0 Å². The normalized spacial score (nSPS) is 17.4. The van der Waals surface area contributed by atoms with E-state index in [9.17, 15) is 4.79 Å². The molecular weight excluding hydrogens is 444 g/mol. The number of amidine groups is 1. The molecule has 0 spiro atoms. The summed E-state index contributed by atoms with van der Waals surface area (Å²) in [6, 6.07) is 16.1. The van der Waals surface area contributed by atoms with E-state index in [1.165, 1.54) is 18.2 Å². The third-order valence-corrected chi connectivity index (χ3v) is 7.08. The highest BCUT2D eigenvalue weighted by atomic mass is 32.2. The highest BCUT2D eigenvalue weighted by molar-refractivity contribution is 8.18. The minimum absolute atomic E-state index is 0.174. The molecule has 0 unspecified atom stereocenters. The fourth-order valence-electron chi connectivity index (χ4n) is 4.30. The van der Waals surface area contributed by atoms with Crippen LogP contribution < -0.4 is 4.74 Å². The molecule has 174 valence electrons. The smallest absolute Gasteiger partial charge is 0.286 e. The van der Waals surface area contributed by atoms with Gasteiger partial charge in [-0.1, -0.05) is 18.2 Å². The Bertz CT molecular complexity index is 1260. The Morgan fingerprint density at radius 3 is 2.62 bits per heavy atom. The molecule has 3 aromatic rings. The predicted octanol–water partition coefficient (Wildman–Crippen LogP) is 5.70. The molecule has 0 bridgehead atoms. The Balaban J connectivity index is 1.52. The van der Waals surface area contributed by atoms with Gasteiger partial charge < -0.3 is 9.64 Å². The standard InChI is InChI=1S/C27H28N4O2S/c1-3-33-23-13-12-20(16-19(23)2)25-21(18-31(29-25)22-10-6-4-7-11-22)17-24-26(32)28-27(34-24)30-14-8-5-9-15-30/h4,6-7,10-13,16-18H,3,5,8-9,14-15H2,1-2H3/b24-17-. The lowest BCUT2D eigenvalue weighted by Gasteiger charge is -2.27. The first-order chi connectivity index (χ1) is 16.6. The maximum atomic E-state index is 12.8. The Hall–Kier alpha value is -3.32. The van der Waals surface area contributed by atoms with Gasteiger partial charge in [0.05, 0.1) is 17.2 Å². The largest absolute Gasteiger partial charge is 0.494 e. The minimum atomic E-state index is -0.174. The van der Waals surface area contributed by atoms with Crippen molar-refractivity contribution in [2.75, 3.05) is 19.7 Å². The number of thioether (sulfide) groups is 1. The number of nitrogens with zero attached hydrogens (tertiary/aromatic N) is 4. The van der Waals surface area contributed by atoms with Crippen molar-refractivity contribution in [1.82, 2.24) is 14.7 Å². The van der Waals surface area contributed by atoms with E-state index in [0.717, 1.165) is 64.9 Å². The fraction of sp³-hybridized carbons (Fsp3) is 0.296. The molecule has 1 aromatic heterocycles. The number of para-hydroxylation sites is 1. The number of aromatic nitrogens is 2. The van der Waals surface area contributed by atoms with Crippen molar-refractivity contribution in [3.8, 4) is 22.7 Å². The number of hydrogen-bond acceptors (Lipinski definition) is 5. The highest BCUT2D eigenvalue weighted by Crippen LogP contribution is 2.35. The molecule has 0 radical (unpaired) electrons. The van der Waals surface area contributed by atoms with Crippen LogP contribution >= 0.6 is 11.8 Å². The van der Waals surface area contributed by atoms with Gasteiger partial charge in [0.25, 0.3) is 5.91 Å². The SMILES string of the molecule is CCOc1ccc(-c2nn(-c3ccccc3)cc2/C=C2\SC(N3CCCCC3)=NC2=O)cc1C. The van der Waals surface area contributed by atoms with Crippen LogP contribution in [0, 0.1) is 6.92 Å². The number of likely N-dealkylation sites (tertiary alicyclic amines) is 1. The van der Waals surface area contributed by atoms with E-state index in [1.807, 2.05) is 73.3 Å². The van der Waals surface area contributed by atoms with E-state index < -0.39 is 0 Å². The van der Waals surface area contributed by atoms with Crippen LogP contribution in [-0.2, 0) is 4.79 Å². The van der Waals surface area contributed by atoms with Gasteiger partial charge in [0.15, 0.2) is 5.17 Å². The summed E-state index contributed by atoms with van der Waals surface area (Å²) in [5.74, 6) is 0.696. The van der Waals surface area contributed by atoms with Crippen LogP contribution in [0.2, 0.25) is 0 Å². The number of rotatable bonds is 5. The minimum Gasteiger partial charge on any atom is -0.494 e. The number of benzene rings is 2. The second-order valence-electron chi connectivity index (χ2n) is 8.48. The summed E-state index contributed by atoms with van der Waals surface area (Å²) in [6.45, 7) is 6.58. The Labute approximate surface area is 204 Å². The summed E-state index contributed by atoms with van der Waals surface area (Å²) < 4.78 is 7.58. The molecule has 2 aliphatic rings. The van der Waals surface area contributed by atoms with Crippen LogP contribution in [0.15, 0.2) is 64.6 Å². The monoisotopic (exact) mass is 472 g/mol. The Kier molecular flexibility index (Phi) is 6.54. The molecule has 0 N–H and O–H groups in total. The van der Waals surface area contributed by atoms with Crippen LogP contribution in [0.1, 0.15) is 37.3 Å². The quantitative estimate of drug-likeness (QED) is 0.446. The molecule has 0 saturated carbocycles. The first-order valence-electron chi connectivity index (χ1n) is 11.8. The lowest BCUT2D eigenvalue weighted by atomic mass is 10.0. The summed E-state index contributed by atoms with van der Waals surface area (Å²) in [5, 5.41) is 5.73. The summed E-state index contributed by atoms with van der Waals surface area (Å²) in [4.78, 5) is 20.0. The zero-order chi connectivity index (χ0) is 23.5. The molecule has 3 heterocycles. The van der Waals surface area contributed by atoms with Gasteiger partial charge in [-0.15, -0.1) is 0 Å². The molecule has 34 heavy (non-hydrogen) atoms. The first kappa shape index (κ1) is 22.5. The average molecular weight is 473 g/mol. The molecule has 6 nitrogen and oxygen atoms in total. The number of amides is 1. The van der Waals surface area contributed by atoms with Gasteiger partial charge in [0, 0.05) is 30.4 Å². The topological polar surface area (TPSA) is 59.7 Å². The molecule has 5 rings (SSSR count). The van der Waals surface area contributed by atoms with Gasteiger partial charge in [0.1, 0.15) is 11.4 Å². The summed E-state index contributed by atoms with van der Waals surface area (Å²) in [7, 11) is 0. The van der Waals surface area contributed by atoms with Crippen LogP contribution in [0.4, 0.5) is 0 Å². The molecule has 2 aromatic carbocycles. The van der Waals surface area contributed by atoms with Gasteiger partial charge in [0.2, 0.25) is 0 Å². The van der Waals surface area contributed by atoms with Gasteiger partial charge in [-0.05, 0) is 86.8 Å². The molecule has 0 atom stereocenters. The van der Waals surface area contributed by atoms with Crippen LogP contribution in [-0.4, -0.2) is 45.5 Å². The van der Waals surface area contributed by atoms with E-state index in [2.05, 4.69) is 16.0 Å². The summed E-state index contributed by atoms with van der Waals surface area (Å²) in [6.07, 6.45) is 7.46. The second kappa shape index (κ2) is 9.89. The maximum absolute atomic E-state index is 12.8. The number of ether oxygens (including phenoxy) is 1. The zero-order valence-corrected chi connectivity index (χ0v) is 20.3. The molecule has 1 saturated heterocycles. The van der Waals surface area contributed by atoms with Crippen molar-refractivity contribution < 1.29 is 9.53 Å². The van der Waals surface area contributed by atoms with Crippen molar-refractivity contribution in [2.24, 2.45) is 4.99 Å². The summed E-state index contributed by atoms with van der Waals surface area (Å²) >= 11 is 1.47. The van der Waals surface area contributed by atoms with Crippen molar-refractivity contribution in [1.29, 1.82) is 0 Å². The van der Waals surface area contributed by atoms with Gasteiger partial charge in [-0.2, -0.15) is 10.1 Å². The van der Waals surface area contributed by atoms with E-state index in [4.69, 9.17) is 9.84 Å². The molecule has 1 amide bonds. The number of hydrogen-bond donors (Lipinski definition) is 0. The fourth-order valence-corrected chi connectivity index (χ4v) is 5.26. The van der Waals surface area contributed by atoms with E-state index >= 15 is 0 Å². The third-order valence-electron chi connectivity index (χ3n) is 6.03. The Morgan fingerprint density at radius 2 is 1.88 bits per heavy atom. The molecular formula is C27H28N4O2S. The number of piperidine rings is 1. The number of aliphatic imine (C=N–C) groups is 1. The van der Waals surface area contributed by atoms with Crippen molar-refractivity contribution in [3.05, 3.63) is 70.8 Å². The first-order valence-corrected chi connectivity index (χ1v) is 12.6. The number of aryl methyl sites for hydroxylation is 1. The molecule has 1 fully saturated rings. The van der Waals surface area contributed by atoms with Crippen LogP contribution in [0.5, 0.6) is 5.75 Å². The molecule has 7 heteroatoms. The third kappa shape index (κ3) is 4.66. The van der Waals surface area contributed by atoms with Gasteiger partial charge in [-0.3, -0.25) is 4.79 Å². The summed E-state index contributed by atoms with van der Waals surface area (Å²) in [5.41, 5.74) is 4.71. The average Bonchev–Trinajstić information content (AvgIpc) is 3.45. The lowest BCUT2D eigenvalue weighted by molar-refractivity contribution is -0.113. The number of carbonyl (C=O) groups is 1. The van der Waals surface area contributed by atoms with E-state index in [0.29, 0.717) is 11.5 Å². The van der Waals surface area contributed by atoms with E-state index in [-0.39, 0.29) is 5.91 Å². The van der Waals surface area contributed by atoms with Gasteiger partial charge in [-0.25, -0.2) is 4.68 Å².